The van der Waals surface area contributed by atoms with Gasteiger partial charge in [-0.2, -0.15) is 5.26 Å². The Hall–Kier alpha value is -2.11. The van der Waals surface area contributed by atoms with Crippen LogP contribution in [0.5, 0.6) is 0 Å². The van der Waals surface area contributed by atoms with E-state index in [1.54, 1.807) is 0 Å². The van der Waals surface area contributed by atoms with Gasteiger partial charge >= 0.3 is 0 Å². The first kappa shape index (κ1) is 12.9. The van der Waals surface area contributed by atoms with E-state index < -0.39 is 0 Å². The van der Waals surface area contributed by atoms with Crippen molar-refractivity contribution in [3.8, 4) is 6.07 Å². The van der Waals surface area contributed by atoms with Gasteiger partial charge < -0.3 is 5.32 Å². The monoisotopic (exact) mass is 262 g/mol. The Bertz CT molecular complexity index is 621. The van der Waals surface area contributed by atoms with Gasteiger partial charge in [0, 0.05) is 18.5 Å². The highest BCUT2D eigenvalue weighted by atomic mass is 14.9. The molecular weight excluding hydrogens is 244 g/mol. The molecule has 100 valence electrons. The van der Waals surface area contributed by atoms with E-state index in [1.165, 1.54) is 24.0 Å². The highest BCUT2D eigenvalue weighted by Crippen LogP contribution is 2.47. The average Bonchev–Trinajstić information content (AvgIpc) is 3.30. The zero-order chi connectivity index (χ0) is 13.8. The van der Waals surface area contributed by atoms with Crippen LogP contribution >= 0.6 is 0 Å². The van der Waals surface area contributed by atoms with Crippen molar-refractivity contribution < 1.29 is 0 Å². The minimum atomic E-state index is 0.341. The molecule has 0 spiro atoms. The van der Waals surface area contributed by atoms with Crippen molar-refractivity contribution in [2.75, 3.05) is 6.54 Å². The Kier molecular flexibility index (Phi) is 3.54. The van der Waals surface area contributed by atoms with Gasteiger partial charge in [-0.1, -0.05) is 42.5 Å². The molecule has 0 amide bonds. The summed E-state index contributed by atoms with van der Waals surface area (Å²) in [5.74, 6) is 0. The molecule has 1 aliphatic rings. The highest BCUT2D eigenvalue weighted by Gasteiger charge is 2.43. The van der Waals surface area contributed by atoms with Crippen molar-refractivity contribution in [2.45, 2.75) is 24.8 Å². The van der Waals surface area contributed by atoms with Gasteiger partial charge in [0.25, 0.3) is 0 Å². The van der Waals surface area contributed by atoms with Gasteiger partial charge in [-0.3, -0.25) is 0 Å². The molecule has 3 rings (SSSR count). The molecule has 2 aromatic carbocycles. The second-order valence-electron chi connectivity index (χ2n) is 5.56. The number of rotatable bonds is 5. The van der Waals surface area contributed by atoms with Crippen LogP contribution in [0.25, 0.3) is 0 Å². The molecule has 1 fully saturated rings. The minimum absolute atomic E-state index is 0.341. The molecule has 0 aromatic heterocycles. The molecule has 0 heterocycles. The van der Waals surface area contributed by atoms with Gasteiger partial charge in [0.1, 0.15) is 0 Å². The van der Waals surface area contributed by atoms with Crippen molar-refractivity contribution in [2.24, 2.45) is 0 Å². The number of benzene rings is 2. The first-order chi connectivity index (χ1) is 9.82. The van der Waals surface area contributed by atoms with E-state index in [0.29, 0.717) is 5.41 Å². The molecule has 0 unspecified atom stereocenters. The second-order valence-corrected chi connectivity index (χ2v) is 5.56. The van der Waals surface area contributed by atoms with Gasteiger partial charge in [0.2, 0.25) is 0 Å². The number of nitriles is 1. The van der Waals surface area contributed by atoms with E-state index in [9.17, 15) is 0 Å². The molecule has 1 aliphatic carbocycles. The lowest BCUT2D eigenvalue weighted by molar-refractivity contribution is 0.574. The molecule has 2 heteroatoms. The van der Waals surface area contributed by atoms with Crippen molar-refractivity contribution in [1.29, 1.82) is 5.26 Å². The minimum Gasteiger partial charge on any atom is -0.312 e. The van der Waals surface area contributed by atoms with Crippen LogP contribution in [0, 0.1) is 11.3 Å². The number of nitrogens with zero attached hydrogens (tertiary/aromatic N) is 1. The fourth-order valence-corrected chi connectivity index (χ4v) is 2.71. The van der Waals surface area contributed by atoms with Gasteiger partial charge in [-0.05, 0) is 36.1 Å². The van der Waals surface area contributed by atoms with Crippen LogP contribution in [0.1, 0.15) is 29.5 Å². The predicted molar refractivity (Wildman–Crippen MR) is 80.2 cm³/mol. The molecule has 0 aliphatic heterocycles. The normalized spacial score (nSPS) is 15.6. The quantitative estimate of drug-likeness (QED) is 0.896. The third kappa shape index (κ3) is 2.74. The average molecular weight is 262 g/mol. The van der Waals surface area contributed by atoms with Crippen molar-refractivity contribution in [3.05, 3.63) is 71.3 Å². The maximum Gasteiger partial charge on any atom is 0.0991 e. The summed E-state index contributed by atoms with van der Waals surface area (Å²) in [5, 5.41) is 12.4. The Morgan fingerprint density at radius 2 is 1.85 bits per heavy atom. The SMILES string of the molecule is N#Cc1cccc(CNCC2(c3ccccc3)CC2)c1. The molecule has 0 atom stereocenters. The maximum atomic E-state index is 8.90. The summed E-state index contributed by atoms with van der Waals surface area (Å²) in [4.78, 5) is 0. The molecule has 2 aromatic rings. The van der Waals surface area contributed by atoms with Gasteiger partial charge in [0.05, 0.1) is 11.6 Å². The van der Waals surface area contributed by atoms with Gasteiger partial charge in [-0.15, -0.1) is 0 Å². The van der Waals surface area contributed by atoms with Gasteiger partial charge in [-0.25, -0.2) is 0 Å². The lowest BCUT2D eigenvalue weighted by atomic mass is 9.96. The molecule has 1 saturated carbocycles. The molecular formula is C18H18N2. The fraction of sp³-hybridized carbons (Fsp3) is 0.278. The number of hydrogen-bond donors (Lipinski definition) is 1. The van der Waals surface area contributed by atoms with Crippen LogP contribution in [0.15, 0.2) is 54.6 Å². The third-order valence-electron chi connectivity index (χ3n) is 4.09. The van der Waals surface area contributed by atoms with E-state index in [2.05, 4.69) is 47.8 Å². The summed E-state index contributed by atoms with van der Waals surface area (Å²) in [5.41, 5.74) is 3.69. The van der Waals surface area contributed by atoms with Gasteiger partial charge in [0.15, 0.2) is 0 Å². The molecule has 0 saturated heterocycles. The van der Waals surface area contributed by atoms with E-state index in [1.807, 2.05) is 18.2 Å². The zero-order valence-corrected chi connectivity index (χ0v) is 11.5. The summed E-state index contributed by atoms with van der Waals surface area (Å²) < 4.78 is 0. The van der Waals surface area contributed by atoms with Crippen LogP contribution in [-0.4, -0.2) is 6.54 Å². The van der Waals surface area contributed by atoms with Crippen molar-refractivity contribution >= 4 is 0 Å². The molecule has 1 N–H and O–H groups in total. The van der Waals surface area contributed by atoms with Crippen LogP contribution in [0.2, 0.25) is 0 Å². The molecule has 0 radical (unpaired) electrons. The number of hydrogen-bond acceptors (Lipinski definition) is 2. The lowest BCUT2D eigenvalue weighted by Crippen LogP contribution is -2.26. The predicted octanol–water partition coefficient (Wildman–Crippen LogP) is 3.38. The molecule has 20 heavy (non-hydrogen) atoms. The first-order valence-electron chi connectivity index (χ1n) is 7.08. The Balaban J connectivity index is 1.59. The Morgan fingerprint density at radius 3 is 2.55 bits per heavy atom. The second kappa shape index (κ2) is 5.48. The fourth-order valence-electron chi connectivity index (χ4n) is 2.71. The first-order valence-corrected chi connectivity index (χ1v) is 7.08. The van der Waals surface area contributed by atoms with Crippen LogP contribution in [-0.2, 0) is 12.0 Å². The van der Waals surface area contributed by atoms with Crippen molar-refractivity contribution in [3.63, 3.8) is 0 Å². The Labute approximate surface area is 120 Å². The lowest BCUT2D eigenvalue weighted by Gasteiger charge is -2.16. The zero-order valence-electron chi connectivity index (χ0n) is 11.5. The summed E-state index contributed by atoms with van der Waals surface area (Å²) in [6.07, 6.45) is 2.53. The van der Waals surface area contributed by atoms with Crippen LogP contribution < -0.4 is 5.32 Å². The standard InChI is InChI=1S/C18H18N2/c19-12-15-5-4-6-16(11-15)13-20-14-18(9-10-18)17-7-2-1-3-8-17/h1-8,11,20H,9-10,13-14H2. The third-order valence-corrected chi connectivity index (χ3v) is 4.09. The van der Waals surface area contributed by atoms with Crippen LogP contribution in [0.4, 0.5) is 0 Å². The summed E-state index contributed by atoms with van der Waals surface area (Å²) >= 11 is 0. The summed E-state index contributed by atoms with van der Waals surface area (Å²) in [6.45, 7) is 1.83. The topological polar surface area (TPSA) is 35.8 Å². The highest BCUT2D eigenvalue weighted by molar-refractivity contribution is 5.33. The largest absolute Gasteiger partial charge is 0.312 e. The number of nitrogens with one attached hydrogen (secondary N) is 1. The smallest absolute Gasteiger partial charge is 0.0991 e. The summed E-state index contributed by atoms with van der Waals surface area (Å²) in [6, 6.07) is 20.7. The van der Waals surface area contributed by atoms with Crippen LogP contribution in [0.3, 0.4) is 0 Å². The van der Waals surface area contributed by atoms with E-state index in [-0.39, 0.29) is 0 Å². The van der Waals surface area contributed by atoms with E-state index in [4.69, 9.17) is 5.26 Å². The summed E-state index contributed by atoms with van der Waals surface area (Å²) in [7, 11) is 0. The Morgan fingerprint density at radius 1 is 1.05 bits per heavy atom. The van der Waals surface area contributed by atoms with E-state index >= 15 is 0 Å². The molecule has 0 bridgehead atoms. The molecule has 2 nitrogen and oxygen atoms in total. The maximum absolute atomic E-state index is 8.90. The van der Waals surface area contributed by atoms with E-state index in [0.717, 1.165) is 18.7 Å². The van der Waals surface area contributed by atoms with Crippen molar-refractivity contribution in [1.82, 2.24) is 5.32 Å².